The van der Waals surface area contributed by atoms with Crippen LogP contribution in [0.15, 0.2) is 73.1 Å². The Morgan fingerprint density at radius 3 is 2.31 bits per heavy atom. The molecule has 0 fully saturated rings. The molecule has 0 saturated carbocycles. The molecule has 1 N–H and O–H groups in total. The molecule has 0 radical (unpaired) electrons. The standard InChI is InChI=1S/C27H26F3N7O2/c1-17(2)32-26(39)24(20-5-4-14-31-15-20)37(22-12-6-18(3)7-13-22)23(38)16-36-34-25(33-35-36)19-8-10-21(11-9-19)27(28,29)30/h4-15,17,24H,16H2,1-3H3,(H,32,39). The summed E-state index contributed by atoms with van der Waals surface area (Å²) in [7, 11) is 0. The summed E-state index contributed by atoms with van der Waals surface area (Å²) in [6, 6.07) is 13.6. The Morgan fingerprint density at radius 1 is 1.03 bits per heavy atom. The number of aryl methyl sites for hydroxylation is 1. The van der Waals surface area contributed by atoms with Gasteiger partial charge in [0.2, 0.25) is 11.7 Å². The number of carbonyl (C=O) groups excluding carboxylic acids is 2. The Morgan fingerprint density at radius 2 is 1.72 bits per heavy atom. The van der Waals surface area contributed by atoms with Gasteiger partial charge in [-0.1, -0.05) is 35.9 Å². The van der Waals surface area contributed by atoms with Gasteiger partial charge < -0.3 is 5.32 Å². The van der Waals surface area contributed by atoms with Crippen LogP contribution in [-0.2, 0) is 22.3 Å². The van der Waals surface area contributed by atoms with Gasteiger partial charge in [-0.25, -0.2) is 0 Å². The largest absolute Gasteiger partial charge is 0.416 e. The zero-order valence-electron chi connectivity index (χ0n) is 21.4. The minimum absolute atomic E-state index is 0.0553. The second-order valence-electron chi connectivity index (χ2n) is 9.17. The van der Waals surface area contributed by atoms with E-state index in [2.05, 4.69) is 25.7 Å². The van der Waals surface area contributed by atoms with Crippen LogP contribution in [0.5, 0.6) is 0 Å². The van der Waals surface area contributed by atoms with E-state index < -0.39 is 29.6 Å². The molecule has 0 bridgehead atoms. The van der Waals surface area contributed by atoms with Crippen molar-refractivity contribution in [2.24, 2.45) is 0 Å². The first-order chi connectivity index (χ1) is 18.5. The van der Waals surface area contributed by atoms with Crippen LogP contribution in [-0.4, -0.2) is 43.0 Å². The minimum Gasteiger partial charge on any atom is -0.352 e. The van der Waals surface area contributed by atoms with Crippen molar-refractivity contribution >= 4 is 17.5 Å². The van der Waals surface area contributed by atoms with E-state index in [1.54, 1.807) is 30.5 Å². The lowest BCUT2D eigenvalue weighted by atomic mass is 10.0. The highest BCUT2D eigenvalue weighted by molar-refractivity contribution is 6.01. The molecule has 39 heavy (non-hydrogen) atoms. The van der Waals surface area contributed by atoms with Gasteiger partial charge in [-0.05, 0) is 56.3 Å². The first-order valence-corrected chi connectivity index (χ1v) is 12.1. The molecule has 0 spiro atoms. The zero-order chi connectivity index (χ0) is 28.2. The van der Waals surface area contributed by atoms with Crippen LogP contribution in [0.3, 0.4) is 0 Å². The molecule has 0 aliphatic rings. The third kappa shape index (κ3) is 6.64. The lowest BCUT2D eigenvalue weighted by Gasteiger charge is -2.31. The lowest BCUT2D eigenvalue weighted by Crippen LogP contribution is -2.47. The van der Waals surface area contributed by atoms with Gasteiger partial charge in [-0.2, -0.15) is 18.0 Å². The highest BCUT2D eigenvalue weighted by Crippen LogP contribution is 2.31. The van der Waals surface area contributed by atoms with Gasteiger partial charge in [-0.3, -0.25) is 19.5 Å². The number of rotatable bonds is 8. The molecule has 1 unspecified atom stereocenters. The Labute approximate surface area is 222 Å². The van der Waals surface area contributed by atoms with Gasteiger partial charge in [-0.15, -0.1) is 10.2 Å². The molecule has 2 aromatic carbocycles. The molecule has 2 aromatic heterocycles. The summed E-state index contributed by atoms with van der Waals surface area (Å²) in [5, 5.41) is 14.9. The van der Waals surface area contributed by atoms with Crippen LogP contribution < -0.4 is 10.2 Å². The minimum atomic E-state index is -4.47. The number of halogens is 3. The quantitative estimate of drug-likeness (QED) is 0.358. The number of amides is 2. The topological polar surface area (TPSA) is 106 Å². The monoisotopic (exact) mass is 537 g/mol. The van der Waals surface area contributed by atoms with Crippen LogP contribution in [0.4, 0.5) is 18.9 Å². The molecule has 2 amide bonds. The van der Waals surface area contributed by atoms with Crippen molar-refractivity contribution in [2.45, 2.75) is 45.6 Å². The summed E-state index contributed by atoms with van der Waals surface area (Å²) in [5.74, 6) is -0.855. The highest BCUT2D eigenvalue weighted by Gasteiger charge is 2.34. The number of hydrogen-bond donors (Lipinski definition) is 1. The third-order valence-electron chi connectivity index (χ3n) is 5.72. The molecule has 12 heteroatoms. The summed E-state index contributed by atoms with van der Waals surface area (Å²) < 4.78 is 38.7. The number of nitrogens with one attached hydrogen (secondary N) is 1. The fourth-order valence-corrected chi connectivity index (χ4v) is 3.89. The average Bonchev–Trinajstić information content (AvgIpc) is 3.36. The highest BCUT2D eigenvalue weighted by atomic mass is 19.4. The fraction of sp³-hybridized carbons (Fsp3) is 0.259. The number of pyridine rings is 1. The van der Waals surface area contributed by atoms with Crippen molar-refractivity contribution in [2.75, 3.05) is 4.90 Å². The molecule has 0 aliphatic carbocycles. The van der Waals surface area contributed by atoms with Crippen LogP contribution >= 0.6 is 0 Å². The van der Waals surface area contributed by atoms with Crippen LogP contribution in [0, 0.1) is 6.92 Å². The van der Waals surface area contributed by atoms with Gasteiger partial charge in [0.05, 0.1) is 5.56 Å². The van der Waals surface area contributed by atoms with Crippen molar-refractivity contribution in [1.82, 2.24) is 30.5 Å². The van der Waals surface area contributed by atoms with Crippen LogP contribution in [0.2, 0.25) is 0 Å². The number of tetrazole rings is 1. The summed E-state index contributed by atoms with van der Waals surface area (Å²) >= 11 is 0. The van der Waals surface area contributed by atoms with Crippen LogP contribution in [0.1, 0.15) is 36.6 Å². The number of anilines is 1. The molecular formula is C27H26F3N7O2. The predicted molar refractivity (Wildman–Crippen MR) is 137 cm³/mol. The zero-order valence-corrected chi connectivity index (χ0v) is 21.4. The number of carbonyl (C=O) groups is 2. The SMILES string of the molecule is Cc1ccc(N(C(=O)Cn2nnc(-c3ccc(C(F)(F)F)cc3)n2)C(C(=O)NC(C)C)c2cccnc2)cc1. The van der Waals surface area contributed by atoms with Crippen molar-refractivity contribution in [3.63, 3.8) is 0 Å². The van der Waals surface area contributed by atoms with E-state index in [1.807, 2.05) is 32.9 Å². The Kier molecular flexibility index (Phi) is 8.03. The maximum absolute atomic E-state index is 13.8. The number of hydrogen-bond acceptors (Lipinski definition) is 6. The average molecular weight is 538 g/mol. The Bertz CT molecular complexity index is 1420. The summed E-state index contributed by atoms with van der Waals surface area (Å²) in [4.78, 5) is 33.7. The molecule has 9 nitrogen and oxygen atoms in total. The molecule has 1 atom stereocenters. The van der Waals surface area contributed by atoms with Gasteiger partial charge in [0.1, 0.15) is 12.6 Å². The second kappa shape index (κ2) is 11.4. The van der Waals surface area contributed by atoms with Gasteiger partial charge in [0.25, 0.3) is 5.91 Å². The summed E-state index contributed by atoms with van der Waals surface area (Å²) in [5.41, 5.74) is 1.45. The van der Waals surface area contributed by atoms with Crippen molar-refractivity contribution in [3.05, 3.63) is 89.7 Å². The first-order valence-electron chi connectivity index (χ1n) is 12.1. The smallest absolute Gasteiger partial charge is 0.352 e. The normalized spacial score (nSPS) is 12.3. The second-order valence-corrected chi connectivity index (χ2v) is 9.17. The first kappa shape index (κ1) is 27.4. The Hall–Kier alpha value is -4.61. The molecular weight excluding hydrogens is 511 g/mol. The molecule has 202 valence electrons. The Balaban J connectivity index is 1.67. The van der Waals surface area contributed by atoms with Gasteiger partial charge in [0, 0.05) is 35.2 Å². The predicted octanol–water partition coefficient (Wildman–Crippen LogP) is 4.36. The summed E-state index contributed by atoms with van der Waals surface area (Å²) in [6.07, 6.45) is -1.38. The van der Waals surface area contributed by atoms with Crippen LogP contribution in [0.25, 0.3) is 11.4 Å². The fourth-order valence-electron chi connectivity index (χ4n) is 3.89. The molecule has 0 aliphatic heterocycles. The summed E-state index contributed by atoms with van der Waals surface area (Å²) in [6.45, 7) is 5.16. The molecule has 0 saturated heterocycles. The van der Waals surface area contributed by atoms with E-state index in [9.17, 15) is 22.8 Å². The number of nitrogens with zero attached hydrogens (tertiary/aromatic N) is 6. The number of aromatic nitrogens is 5. The number of benzene rings is 2. The van der Waals surface area contributed by atoms with Crippen molar-refractivity contribution in [3.8, 4) is 11.4 Å². The van der Waals surface area contributed by atoms with E-state index in [0.29, 0.717) is 16.8 Å². The van der Waals surface area contributed by atoms with Crippen molar-refractivity contribution < 1.29 is 22.8 Å². The van der Waals surface area contributed by atoms with E-state index >= 15 is 0 Å². The maximum atomic E-state index is 13.8. The van der Waals surface area contributed by atoms with E-state index in [4.69, 9.17) is 0 Å². The molecule has 4 rings (SSSR count). The molecule has 2 heterocycles. The van der Waals surface area contributed by atoms with E-state index in [1.165, 1.54) is 23.2 Å². The third-order valence-corrected chi connectivity index (χ3v) is 5.72. The van der Waals surface area contributed by atoms with Crippen molar-refractivity contribution in [1.29, 1.82) is 0 Å². The molecule has 4 aromatic rings. The number of alkyl halides is 3. The lowest BCUT2D eigenvalue weighted by molar-refractivity contribution is -0.137. The maximum Gasteiger partial charge on any atom is 0.416 e. The van der Waals surface area contributed by atoms with E-state index in [0.717, 1.165) is 22.5 Å². The van der Waals surface area contributed by atoms with Gasteiger partial charge in [0.15, 0.2) is 0 Å². The van der Waals surface area contributed by atoms with Gasteiger partial charge >= 0.3 is 6.18 Å². The van der Waals surface area contributed by atoms with E-state index in [-0.39, 0.29) is 18.4 Å².